The Bertz CT molecular complexity index is 179. The number of aliphatic hydroxyl groups excluding tert-OH is 4. The lowest BCUT2D eigenvalue weighted by Gasteiger charge is -2.32. The maximum Gasteiger partial charge on any atom is 0.164 e. The smallest absolute Gasteiger partial charge is 0.164 e. The molecule has 70 valence electrons. The highest BCUT2D eigenvalue weighted by atomic mass is 16.4. The highest BCUT2D eigenvalue weighted by Crippen LogP contribution is 2.22. The maximum atomic E-state index is 10.9. The number of ketones is 1. The molecule has 4 N–H and O–H groups in total. The molecule has 0 amide bonds. The van der Waals surface area contributed by atoms with Crippen molar-refractivity contribution in [2.24, 2.45) is 5.92 Å². The van der Waals surface area contributed by atoms with Crippen molar-refractivity contribution in [1.82, 2.24) is 0 Å². The number of hydrogen-bond donors (Lipinski definition) is 4. The molecule has 0 aromatic carbocycles. The molecule has 0 saturated heterocycles. The Balaban J connectivity index is 2.70. The van der Waals surface area contributed by atoms with Crippen molar-refractivity contribution in [2.75, 3.05) is 6.61 Å². The van der Waals surface area contributed by atoms with Crippen LogP contribution >= 0.6 is 0 Å². The standard InChI is InChI=1S/C7H12O5/c8-2-3-1-4(9)6(11)7(12)5(3)10/h3,5-8,10-12H,1-2H2/t3-,5?,6?,7?/m0/s1. The molecule has 0 aromatic rings. The van der Waals surface area contributed by atoms with Crippen molar-refractivity contribution in [1.29, 1.82) is 0 Å². The number of carbonyl (C=O) groups is 1. The van der Waals surface area contributed by atoms with E-state index in [-0.39, 0.29) is 13.0 Å². The van der Waals surface area contributed by atoms with Crippen LogP contribution in [0.4, 0.5) is 0 Å². The summed E-state index contributed by atoms with van der Waals surface area (Å²) in [5, 5.41) is 36.0. The SMILES string of the molecule is O=C1C[C@@H](CO)C(O)C(O)C1O. The Morgan fingerprint density at radius 2 is 1.83 bits per heavy atom. The van der Waals surface area contributed by atoms with Crippen LogP contribution in [-0.2, 0) is 4.79 Å². The molecule has 0 radical (unpaired) electrons. The Morgan fingerprint density at radius 1 is 1.25 bits per heavy atom. The molecule has 0 spiro atoms. The molecule has 4 atom stereocenters. The second-order valence-corrected chi connectivity index (χ2v) is 3.04. The van der Waals surface area contributed by atoms with Gasteiger partial charge < -0.3 is 20.4 Å². The molecule has 0 aliphatic heterocycles. The molecule has 5 heteroatoms. The van der Waals surface area contributed by atoms with Crippen molar-refractivity contribution in [3.63, 3.8) is 0 Å². The summed E-state index contributed by atoms with van der Waals surface area (Å²) < 4.78 is 0. The van der Waals surface area contributed by atoms with Crippen LogP contribution < -0.4 is 0 Å². The van der Waals surface area contributed by atoms with Crippen molar-refractivity contribution < 1.29 is 25.2 Å². The molecule has 0 aromatic heterocycles. The summed E-state index contributed by atoms with van der Waals surface area (Å²) in [5.41, 5.74) is 0. The van der Waals surface area contributed by atoms with E-state index in [1.165, 1.54) is 0 Å². The molecule has 1 rings (SSSR count). The molecule has 0 heterocycles. The summed E-state index contributed by atoms with van der Waals surface area (Å²) >= 11 is 0. The average Bonchev–Trinajstić information content (AvgIpc) is 2.08. The van der Waals surface area contributed by atoms with Gasteiger partial charge >= 0.3 is 0 Å². The normalized spacial score (nSPS) is 43.2. The molecule has 1 aliphatic rings. The second kappa shape index (κ2) is 3.49. The lowest BCUT2D eigenvalue weighted by atomic mass is 9.82. The minimum Gasteiger partial charge on any atom is -0.396 e. The zero-order valence-electron chi connectivity index (χ0n) is 6.42. The van der Waals surface area contributed by atoms with Gasteiger partial charge in [0.05, 0.1) is 6.10 Å². The van der Waals surface area contributed by atoms with Crippen LogP contribution in [-0.4, -0.2) is 51.1 Å². The molecule has 0 bridgehead atoms. The fourth-order valence-electron chi connectivity index (χ4n) is 1.33. The minimum absolute atomic E-state index is 0.0874. The summed E-state index contributed by atoms with van der Waals surface area (Å²) in [6.45, 7) is -0.364. The van der Waals surface area contributed by atoms with Gasteiger partial charge in [-0.3, -0.25) is 4.79 Å². The largest absolute Gasteiger partial charge is 0.396 e. The van der Waals surface area contributed by atoms with E-state index in [2.05, 4.69) is 0 Å². The first kappa shape index (κ1) is 9.60. The van der Waals surface area contributed by atoms with Gasteiger partial charge in [0.2, 0.25) is 0 Å². The highest BCUT2D eigenvalue weighted by molar-refractivity contribution is 5.84. The molecule has 3 unspecified atom stereocenters. The van der Waals surface area contributed by atoms with Crippen molar-refractivity contribution in [3.8, 4) is 0 Å². The van der Waals surface area contributed by atoms with Crippen LogP contribution in [0.15, 0.2) is 0 Å². The predicted molar refractivity (Wildman–Crippen MR) is 38.2 cm³/mol. The van der Waals surface area contributed by atoms with Gasteiger partial charge in [0, 0.05) is 18.9 Å². The van der Waals surface area contributed by atoms with E-state index in [4.69, 9.17) is 15.3 Å². The van der Waals surface area contributed by atoms with Gasteiger partial charge in [-0.25, -0.2) is 0 Å². The molecular formula is C7H12O5. The Morgan fingerprint density at radius 3 is 2.33 bits per heavy atom. The molecule has 5 nitrogen and oxygen atoms in total. The number of Topliss-reactive ketones (excluding diaryl/α,β-unsaturated/α-hetero) is 1. The van der Waals surface area contributed by atoms with Gasteiger partial charge in [-0.05, 0) is 0 Å². The van der Waals surface area contributed by atoms with Crippen LogP contribution in [0.1, 0.15) is 6.42 Å². The van der Waals surface area contributed by atoms with Crippen LogP contribution in [0.25, 0.3) is 0 Å². The monoisotopic (exact) mass is 176 g/mol. The summed E-state index contributed by atoms with van der Waals surface area (Å²) in [7, 11) is 0. The third kappa shape index (κ3) is 1.49. The van der Waals surface area contributed by atoms with E-state index in [0.29, 0.717) is 0 Å². The first-order chi connectivity index (χ1) is 5.57. The van der Waals surface area contributed by atoms with Gasteiger partial charge in [-0.1, -0.05) is 0 Å². The molecule has 1 fully saturated rings. The fourth-order valence-corrected chi connectivity index (χ4v) is 1.33. The lowest BCUT2D eigenvalue weighted by Crippen LogP contribution is -2.52. The number of rotatable bonds is 1. The van der Waals surface area contributed by atoms with Crippen LogP contribution in [0, 0.1) is 5.92 Å². The first-order valence-corrected chi connectivity index (χ1v) is 3.75. The molecule has 12 heavy (non-hydrogen) atoms. The predicted octanol–water partition coefficient (Wildman–Crippen LogP) is -2.35. The van der Waals surface area contributed by atoms with Gasteiger partial charge in [0.1, 0.15) is 12.2 Å². The minimum atomic E-state index is -1.51. The summed E-state index contributed by atoms with van der Waals surface area (Å²) in [6.07, 6.45) is -4.29. The molecular weight excluding hydrogens is 164 g/mol. The van der Waals surface area contributed by atoms with E-state index in [1.807, 2.05) is 0 Å². The number of aliphatic hydroxyl groups is 4. The van der Waals surface area contributed by atoms with E-state index in [0.717, 1.165) is 0 Å². The quantitative estimate of drug-likeness (QED) is 0.358. The number of carbonyl (C=O) groups excluding carboxylic acids is 1. The summed E-state index contributed by atoms with van der Waals surface area (Å²) in [4.78, 5) is 10.9. The van der Waals surface area contributed by atoms with E-state index < -0.39 is 30.0 Å². The van der Waals surface area contributed by atoms with Gasteiger partial charge in [0.15, 0.2) is 5.78 Å². The van der Waals surface area contributed by atoms with Crippen molar-refractivity contribution >= 4 is 5.78 Å². The average molecular weight is 176 g/mol. The Hall–Kier alpha value is -0.490. The first-order valence-electron chi connectivity index (χ1n) is 3.75. The van der Waals surface area contributed by atoms with E-state index in [9.17, 15) is 9.90 Å². The van der Waals surface area contributed by atoms with Crippen LogP contribution in [0.2, 0.25) is 0 Å². The highest BCUT2D eigenvalue weighted by Gasteiger charge is 2.41. The topological polar surface area (TPSA) is 98.0 Å². The van der Waals surface area contributed by atoms with Gasteiger partial charge in [0.25, 0.3) is 0 Å². The van der Waals surface area contributed by atoms with Crippen LogP contribution in [0.3, 0.4) is 0 Å². The zero-order chi connectivity index (χ0) is 9.30. The number of hydrogen-bond acceptors (Lipinski definition) is 5. The summed E-state index contributed by atoms with van der Waals surface area (Å²) in [6, 6.07) is 0. The fraction of sp³-hybridized carbons (Fsp3) is 0.857. The second-order valence-electron chi connectivity index (χ2n) is 3.04. The Kier molecular flexibility index (Phi) is 2.79. The maximum absolute atomic E-state index is 10.9. The van der Waals surface area contributed by atoms with E-state index >= 15 is 0 Å². The van der Waals surface area contributed by atoms with Crippen LogP contribution in [0.5, 0.6) is 0 Å². The van der Waals surface area contributed by atoms with Gasteiger partial charge in [-0.15, -0.1) is 0 Å². The Labute approximate surface area is 69.3 Å². The zero-order valence-corrected chi connectivity index (χ0v) is 6.42. The van der Waals surface area contributed by atoms with Crippen molar-refractivity contribution in [3.05, 3.63) is 0 Å². The molecule has 1 aliphatic carbocycles. The van der Waals surface area contributed by atoms with Crippen molar-refractivity contribution in [2.45, 2.75) is 24.7 Å². The third-order valence-electron chi connectivity index (χ3n) is 2.18. The lowest BCUT2D eigenvalue weighted by molar-refractivity contribution is -0.156. The summed E-state index contributed by atoms with van der Waals surface area (Å²) in [5.74, 6) is -1.19. The van der Waals surface area contributed by atoms with E-state index in [1.54, 1.807) is 0 Å². The van der Waals surface area contributed by atoms with Gasteiger partial charge in [-0.2, -0.15) is 0 Å². The third-order valence-corrected chi connectivity index (χ3v) is 2.18. The molecule has 1 saturated carbocycles.